The van der Waals surface area contributed by atoms with E-state index in [9.17, 15) is 4.57 Å². The zero-order valence-corrected chi connectivity index (χ0v) is 11.3. The van der Waals surface area contributed by atoms with Crippen LogP contribution in [0.15, 0.2) is 0 Å². The summed E-state index contributed by atoms with van der Waals surface area (Å²) in [5.74, 6) is 0. The molecule has 0 spiro atoms. The van der Waals surface area contributed by atoms with Crippen LogP contribution in [0.2, 0.25) is 0 Å². The van der Waals surface area contributed by atoms with Crippen LogP contribution in [0.4, 0.5) is 0 Å². The molecule has 0 saturated carbocycles. The van der Waals surface area contributed by atoms with Crippen LogP contribution in [0, 0.1) is 0 Å². The number of aliphatic hydroxyl groups is 1. The molecule has 82 valence electrons. The third-order valence-electron chi connectivity index (χ3n) is 0.978. The number of quaternary nitrogens is 1. The van der Waals surface area contributed by atoms with Gasteiger partial charge in [-0.3, -0.25) is 4.57 Å². The fourth-order valence-electron chi connectivity index (χ4n) is 0.400. The summed E-state index contributed by atoms with van der Waals surface area (Å²) in [6.07, 6.45) is 0. The predicted octanol–water partition coefficient (Wildman–Crippen LogP) is 1.49. The molecule has 0 aromatic carbocycles. The van der Waals surface area contributed by atoms with Gasteiger partial charge < -0.3 is 14.1 Å². The molecule has 0 aliphatic heterocycles. The number of nitrogens with zero attached hydrogens (tertiary/aromatic N) is 1. The van der Waals surface area contributed by atoms with Crippen molar-refractivity contribution in [3.63, 3.8) is 0 Å². The Morgan fingerprint density at radius 3 is 2.08 bits per heavy atom. The second kappa shape index (κ2) is 9.16. The van der Waals surface area contributed by atoms with Gasteiger partial charge in [-0.25, -0.2) is 0 Å². The zero-order chi connectivity index (χ0) is 10.9. The lowest BCUT2D eigenvalue weighted by Gasteiger charge is -2.22. The van der Waals surface area contributed by atoms with Gasteiger partial charge in [0.1, 0.15) is 13.2 Å². The molecular weight excluding hydrogens is 257 g/mol. The Morgan fingerprint density at radius 2 is 1.85 bits per heavy atom. The second-order valence-electron chi connectivity index (χ2n) is 3.42. The first kappa shape index (κ1) is 16.0. The molecule has 1 unspecified atom stereocenters. The molecule has 0 radical (unpaired) electrons. The molecule has 0 aromatic heterocycles. The molecule has 13 heavy (non-hydrogen) atoms. The van der Waals surface area contributed by atoms with Gasteiger partial charge in [0, 0.05) is 22.1 Å². The van der Waals surface area contributed by atoms with Crippen molar-refractivity contribution in [3.8, 4) is 0 Å². The summed E-state index contributed by atoms with van der Waals surface area (Å²) >= 11 is 2.86. The second-order valence-corrected chi connectivity index (χ2v) is 6.12. The van der Waals surface area contributed by atoms with Crippen LogP contribution in [-0.2, 0) is 9.09 Å². The van der Waals surface area contributed by atoms with E-state index in [0.717, 1.165) is 11.0 Å². The number of likely N-dealkylation sites (N-methyl/N-ethyl adjacent to an activating group) is 1. The summed E-state index contributed by atoms with van der Waals surface area (Å²) in [6, 6.07) is 0. The highest BCUT2D eigenvalue weighted by molar-refractivity contribution is 9.37. The molecule has 0 bridgehead atoms. The van der Waals surface area contributed by atoms with E-state index in [2.05, 4.69) is 36.6 Å². The predicted molar refractivity (Wildman–Crippen MR) is 59.5 cm³/mol. The topological polar surface area (TPSA) is 46.5 Å². The zero-order valence-electron chi connectivity index (χ0n) is 8.71. The first-order chi connectivity index (χ1) is 5.83. The number of hydrogen-bond acceptors (Lipinski definition) is 3. The maximum absolute atomic E-state index is 10.4. The van der Waals surface area contributed by atoms with Gasteiger partial charge in [-0.05, 0) is 6.92 Å². The van der Waals surface area contributed by atoms with Crippen molar-refractivity contribution in [2.75, 3.05) is 40.9 Å². The molecule has 1 N–H and O–H groups in total. The molecule has 0 amide bonds. The summed E-state index contributed by atoms with van der Waals surface area (Å²) in [6.45, 7) is 1.45. The summed E-state index contributed by atoms with van der Waals surface area (Å²) < 4.78 is 16.1. The van der Waals surface area contributed by atoms with Gasteiger partial charge >= 0.3 is 0 Å². The smallest absolute Gasteiger partial charge is 0.254 e. The molecule has 1 atom stereocenters. The van der Waals surface area contributed by atoms with Gasteiger partial charge in [-0.2, -0.15) is 0 Å². The standard InChI is InChI=1S/C5H14BrNO2P.C2H6O/c1-7(2,3)4-5-9-10(6)8;1-2-3/h10H,4-5H2,1-3H3;3H,2H2,1H3/q+1;. The lowest BCUT2D eigenvalue weighted by atomic mass is 10.5. The average Bonchev–Trinajstić information content (AvgIpc) is 1.84. The van der Waals surface area contributed by atoms with Gasteiger partial charge in [-0.1, -0.05) is 0 Å². The molecule has 0 rings (SSSR count). The van der Waals surface area contributed by atoms with Crippen LogP contribution in [0.1, 0.15) is 6.92 Å². The first-order valence-electron chi connectivity index (χ1n) is 4.07. The van der Waals surface area contributed by atoms with Crippen molar-refractivity contribution >= 4 is 22.2 Å². The third-order valence-corrected chi connectivity index (χ3v) is 2.10. The van der Waals surface area contributed by atoms with E-state index in [-0.39, 0.29) is 6.61 Å². The molecule has 6 heteroatoms. The Morgan fingerprint density at radius 1 is 1.46 bits per heavy atom. The van der Waals surface area contributed by atoms with Crippen molar-refractivity contribution in [3.05, 3.63) is 0 Å². The molecule has 0 aliphatic carbocycles. The Balaban J connectivity index is 0. The van der Waals surface area contributed by atoms with Crippen LogP contribution >= 0.6 is 22.2 Å². The highest BCUT2D eigenvalue weighted by Gasteiger charge is 2.06. The monoisotopic (exact) mass is 276 g/mol. The quantitative estimate of drug-likeness (QED) is 0.625. The minimum absolute atomic E-state index is 0.250. The fraction of sp³-hybridized carbons (Fsp3) is 1.00. The normalized spacial score (nSPS) is 13.1. The summed E-state index contributed by atoms with van der Waals surface area (Å²) in [4.78, 5) is 0. The fourth-order valence-corrected chi connectivity index (χ4v) is 1.14. The molecule has 0 saturated heterocycles. The highest BCUT2D eigenvalue weighted by Crippen LogP contribution is 2.30. The number of aliphatic hydroxyl groups excluding tert-OH is 1. The molecule has 0 aromatic rings. The number of hydrogen-bond donors (Lipinski definition) is 1. The molecule has 0 aliphatic rings. The lowest BCUT2D eigenvalue weighted by molar-refractivity contribution is -0.870. The van der Waals surface area contributed by atoms with Gasteiger partial charge in [0.05, 0.1) is 21.1 Å². The highest BCUT2D eigenvalue weighted by atomic mass is 79.9. The van der Waals surface area contributed by atoms with E-state index in [1.807, 2.05) is 0 Å². The maximum atomic E-state index is 10.4. The van der Waals surface area contributed by atoms with Gasteiger partial charge in [-0.15, -0.1) is 0 Å². The maximum Gasteiger partial charge on any atom is 0.254 e. The summed E-state index contributed by atoms with van der Waals surface area (Å²) in [5.41, 5.74) is 0. The minimum atomic E-state index is -1.90. The SMILES string of the molecule is CCO.C[N+](C)(C)CCO[PH](=O)Br. The van der Waals surface area contributed by atoms with Crippen molar-refractivity contribution < 1.29 is 18.7 Å². The Bertz CT molecular complexity index is 138. The summed E-state index contributed by atoms with van der Waals surface area (Å²) in [7, 11) is 6.19. The molecule has 0 fully saturated rings. The van der Waals surface area contributed by atoms with Crippen molar-refractivity contribution in [1.29, 1.82) is 0 Å². The third kappa shape index (κ3) is 24.5. The van der Waals surface area contributed by atoms with Crippen molar-refractivity contribution in [2.45, 2.75) is 6.92 Å². The van der Waals surface area contributed by atoms with Crippen LogP contribution in [0.3, 0.4) is 0 Å². The van der Waals surface area contributed by atoms with E-state index in [1.165, 1.54) is 0 Å². The summed E-state index contributed by atoms with van der Waals surface area (Å²) in [5, 5.41) is 7.57. The van der Waals surface area contributed by atoms with Crippen molar-refractivity contribution in [1.82, 2.24) is 0 Å². The van der Waals surface area contributed by atoms with Crippen molar-refractivity contribution in [2.24, 2.45) is 0 Å². The van der Waals surface area contributed by atoms with Gasteiger partial charge in [0.15, 0.2) is 0 Å². The molecule has 0 heterocycles. The number of halogens is 1. The van der Waals surface area contributed by atoms with Crippen LogP contribution in [0.5, 0.6) is 0 Å². The Kier molecular flexibility index (Phi) is 11.3. The first-order valence-corrected chi connectivity index (χ1v) is 7.64. The largest absolute Gasteiger partial charge is 0.397 e. The average molecular weight is 277 g/mol. The van der Waals surface area contributed by atoms with E-state index < -0.39 is 6.73 Å². The van der Waals surface area contributed by atoms with E-state index in [1.54, 1.807) is 6.92 Å². The van der Waals surface area contributed by atoms with Gasteiger partial charge in [0.2, 0.25) is 0 Å². The lowest BCUT2D eigenvalue weighted by Crippen LogP contribution is -2.37. The minimum Gasteiger partial charge on any atom is -0.397 e. The van der Waals surface area contributed by atoms with Gasteiger partial charge in [0.25, 0.3) is 6.73 Å². The Labute approximate surface area is 89.1 Å². The van der Waals surface area contributed by atoms with E-state index >= 15 is 0 Å². The number of rotatable bonds is 4. The van der Waals surface area contributed by atoms with E-state index in [0.29, 0.717) is 6.61 Å². The Hall–Kier alpha value is 0.590. The molecular formula is C7H20BrNO3P+. The van der Waals surface area contributed by atoms with Crippen LogP contribution in [0.25, 0.3) is 0 Å². The molecule has 4 nitrogen and oxygen atoms in total. The van der Waals surface area contributed by atoms with E-state index in [4.69, 9.17) is 9.63 Å². The van der Waals surface area contributed by atoms with Crippen LogP contribution in [-0.4, -0.2) is 50.5 Å². The van der Waals surface area contributed by atoms with Crippen LogP contribution < -0.4 is 0 Å².